The van der Waals surface area contributed by atoms with Crippen molar-refractivity contribution in [3.63, 3.8) is 0 Å². The zero-order chi connectivity index (χ0) is 20.0. The Bertz CT molecular complexity index is 813. The summed E-state index contributed by atoms with van der Waals surface area (Å²) in [4.78, 5) is 22.1. The van der Waals surface area contributed by atoms with E-state index in [1.54, 1.807) is 25.1 Å². The smallest absolute Gasteiger partial charge is 0.219 e. The van der Waals surface area contributed by atoms with Gasteiger partial charge in [0, 0.05) is 62.7 Å². The van der Waals surface area contributed by atoms with Crippen LogP contribution < -0.4 is 16.8 Å². The summed E-state index contributed by atoms with van der Waals surface area (Å²) in [6.45, 7) is 4.56. The lowest BCUT2D eigenvalue weighted by Crippen LogP contribution is -2.40. The Labute approximate surface area is 160 Å². The number of nitrogens with two attached hydrogens (primary N) is 2. The normalized spacial score (nSPS) is 16.6. The van der Waals surface area contributed by atoms with Gasteiger partial charge in [0.25, 0.3) is 0 Å². The zero-order valence-electron chi connectivity index (χ0n) is 16.4. The van der Waals surface area contributed by atoms with Gasteiger partial charge in [-0.2, -0.15) is 0 Å². The lowest BCUT2D eigenvalue weighted by Gasteiger charge is -2.29. The maximum absolute atomic E-state index is 11.7. The predicted octanol–water partition coefficient (Wildman–Crippen LogP) is 1.79. The van der Waals surface area contributed by atoms with Gasteiger partial charge >= 0.3 is 0 Å². The van der Waals surface area contributed by atoms with Crippen molar-refractivity contribution in [1.82, 2.24) is 10.2 Å². The molecule has 1 heterocycles. The van der Waals surface area contributed by atoms with Crippen molar-refractivity contribution in [3.8, 4) is 0 Å². The van der Waals surface area contributed by atoms with Crippen LogP contribution in [-0.2, 0) is 4.79 Å². The highest BCUT2D eigenvalue weighted by atomic mass is 16.2. The first-order chi connectivity index (χ1) is 12.9. The van der Waals surface area contributed by atoms with Crippen LogP contribution in [0.15, 0.2) is 51.2 Å². The van der Waals surface area contributed by atoms with Crippen LogP contribution in [0, 0.1) is 0 Å². The van der Waals surface area contributed by atoms with Crippen LogP contribution in [0.4, 0.5) is 5.69 Å². The second-order valence-electron chi connectivity index (χ2n) is 6.43. The second-order valence-corrected chi connectivity index (χ2v) is 6.43. The molecule has 0 bridgehead atoms. The first-order valence-corrected chi connectivity index (χ1v) is 8.86. The molecule has 0 aliphatic carbocycles. The third-order valence-electron chi connectivity index (χ3n) is 4.51. The fourth-order valence-corrected chi connectivity index (χ4v) is 3.00. The quantitative estimate of drug-likeness (QED) is 0.544. The van der Waals surface area contributed by atoms with Gasteiger partial charge < -0.3 is 21.7 Å². The Morgan fingerprint density at radius 3 is 2.41 bits per heavy atom. The highest BCUT2D eigenvalue weighted by Gasteiger charge is 2.22. The van der Waals surface area contributed by atoms with Crippen molar-refractivity contribution < 1.29 is 4.79 Å². The van der Waals surface area contributed by atoms with Crippen LogP contribution in [0.1, 0.15) is 25.8 Å². The molecule has 144 valence electrons. The number of hydrogen-bond donors (Lipinski definition) is 3. The summed E-state index contributed by atoms with van der Waals surface area (Å²) < 4.78 is 0. The molecule has 0 unspecified atom stereocenters. The van der Waals surface area contributed by atoms with Gasteiger partial charge in [0.15, 0.2) is 0 Å². The number of nitrogens with zero attached hydrogens (tertiary/aromatic N) is 3. The number of carbonyl (C=O) groups is 1. The highest BCUT2D eigenvalue weighted by Crippen LogP contribution is 2.22. The molecule has 2 rings (SSSR count). The zero-order valence-corrected chi connectivity index (χ0v) is 16.4. The molecule has 27 heavy (non-hydrogen) atoms. The van der Waals surface area contributed by atoms with E-state index in [2.05, 4.69) is 15.3 Å². The molecule has 0 saturated carbocycles. The third kappa shape index (κ3) is 4.97. The molecular weight excluding hydrogens is 340 g/mol. The minimum absolute atomic E-state index is 0.0360. The molecule has 0 atom stereocenters. The molecular formula is C20H28N6O. The number of hydrogen-bond acceptors (Lipinski definition) is 5. The van der Waals surface area contributed by atoms with Gasteiger partial charge in [0.1, 0.15) is 5.84 Å². The molecule has 0 saturated heterocycles. The molecule has 0 radical (unpaired) electrons. The van der Waals surface area contributed by atoms with Crippen molar-refractivity contribution >= 4 is 29.2 Å². The summed E-state index contributed by atoms with van der Waals surface area (Å²) >= 11 is 0. The van der Waals surface area contributed by atoms with E-state index >= 15 is 0 Å². The number of aliphatic imine (C=N–C) groups is 2. The highest BCUT2D eigenvalue weighted by molar-refractivity contribution is 6.10. The standard InChI is InChI=1S/C20H28N6O/c1-13(21)17(11-23-3)15-5-7-16(8-6-15)25-20(22)18-12-26(14(2)27)10-9-19(18)24-4/h5-8,11,24H,9-10,12,21H2,1-4H3,(H2,22,25). The molecule has 1 aromatic rings. The average molecular weight is 368 g/mol. The lowest BCUT2D eigenvalue weighted by molar-refractivity contribution is -0.128. The van der Waals surface area contributed by atoms with E-state index in [0.717, 1.165) is 34.5 Å². The molecule has 7 nitrogen and oxygen atoms in total. The van der Waals surface area contributed by atoms with Crippen molar-refractivity contribution in [1.29, 1.82) is 0 Å². The fourth-order valence-electron chi connectivity index (χ4n) is 3.00. The van der Waals surface area contributed by atoms with Gasteiger partial charge in [-0.3, -0.25) is 9.79 Å². The maximum atomic E-state index is 11.7. The number of benzene rings is 1. The van der Waals surface area contributed by atoms with Crippen LogP contribution in [0.5, 0.6) is 0 Å². The molecule has 1 aromatic carbocycles. The van der Waals surface area contributed by atoms with Crippen LogP contribution in [0.2, 0.25) is 0 Å². The summed E-state index contributed by atoms with van der Waals surface area (Å²) in [7, 11) is 3.57. The molecule has 1 aliphatic heterocycles. The SMILES string of the molecule is CN=CC(=C(C)N)c1ccc(N=C(N)C2=C(NC)CCN(C(C)=O)C2)cc1. The Morgan fingerprint density at radius 1 is 1.22 bits per heavy atom. The minimum Gasteiger partial charge on any atom is -0.402 e. The molecule has 0 fully saturated rings. The van der Waals surface area contributed by atoms with Crippen molar-refractivity contribution in [2.45, 2.75) is 20.3 Å². The monoisotopic (exact) mass is 368 g/mol. The van der Waals surface area contributed by atoms with Crippen molar-refractivity contribution in [3.05, 3.63) is 46.8 Å². The molecule has 1 aliphatic rings. The van der Waals surface area contributed by atoms with Gasteiger partial charge in [-0.05, 0) is 24.6 Å². The second kappa shape index (κ2) is 9.02. The summed E-state index contributed by atoms with van der Waals surface area (Å²) in [6, 6.07) is 7.66. The fraction of sp³-hybridized carbons (Fsp3) is 0.350. The van der Waals surface area contributed by atoms with Crippen LogP contribution >= 0.6 is 0 Å². The number of amides is 1. The van der Waals surface area contributed by atoms with E-state index in [9.17, 15) is 4.79 Å². The van der Waals surface area contributed by atoms with E-state index < -0.39 is 0 Å². The number of allylic oxidation sites excluding steroid dienone is 2. The topological polar surface area (TPSA) is 109 Å². The summed E-state index contributed by atoms with van der Waals surface area (Å²) in [5, 5.41) is 3.18. The predicted molar refractivity (Wildman–Crippen MR) is 112 cm³/mol. The molecule has 7 heteroatoms. The molecule has 1 amide bonds. The largest absolute Gasteiger partial charge is 0.402 e. The Hall–Kier alpha value is -3.09. The summed E-state index contributed by atoms with van der Waals surface area (Å²) in [5.74, 6) is 0.452. The van der Waals surface area contributed by atoms with Gasteiger partial charge in [-0.1, -0.05) is 12.1 Å². The number of carbonyl (C=O) groups excluding carboxylic acids is 1. The van der Waals surface area contributed by atoms with Crippen LogP contribution in [-0.4, -0.2) is 50.0 Å². The van der Waals surface area contributed by atoms with E-state index in [-0.39, 0.29) is 5.91 Å². The van der Waals surface area contributed by atoms with E-state index in [1.807, 2.05) is 38.2 Å². The van der Waals surface area contributed by atoms with E-state index in [0.29, 0.717) is 24.6 Å². The Kier molecular flexibility index (Phi) is 6.76. The van der Waals surface area contributed by atoms with Gasteiger partial charge in [-0.15, -0.1) is 0 Å². The van der Waals surface area contributed by atoms with E-state index in [1.165, 1.54) is 0 Å². The lowest BCUT2D eigenvalue weighted by atomic mass is 10.0. The maximum Gasteiger partial charge on any atom is 0.219 e. The number of rotatable bonds is 5. The van der Waals surface area contributed by atoms with Crippen molar-refractivity contribution in [2.75, 3.05) is 27.2 Å². The summed E-state index contributed by atoms with van der Waals surface area (Å²) in [5.41, 5.74) is 17.4. The van der Waals surface area contributed by atoms with Gasteiger partial charge in [0.05, 0.1) is 12.2 Å². The average Bonchev–Trinajstić information content (AvgIpc) is 2.66. The van der Waals surface area contributed by atoms with E-state index in [4.69, 9.17) is 11.5 Å². The van der Waals surface area contributed by atoms with Crippen LogP contribution in [0.3, 0.4) is 0 Å². The Balaban J connectivity index is 2.30. The molecule has 0 spiro atoms. The number of amidine groups is 1. The van der Waals surface area contributed by atoms with Crippen molar-refractivity contribution in [2.24, 2.45) is 21.5 Å². The van der Waals surface area contributed by atoms with Crippen LogP contribution in [0.25, 0.3) is 5.57 Å². The Morgan fingerprint density at radius 2 is 1.89 bits per heavy atom. The molecule has 0 aromatic heterocycles. The molecule has 5 N–H and O–H groups in total. The summed E-state index contributed by atoms with van der Waals surface area (Å²) in [6.07, 6.45) is 2.48. The first kappa shape index (κ1) is 20.2. The number of nitrogens with one attached hydrogen (secondary N) is 1. The first-order valence-electron chi connectivity index (χ1n) is 8.86. The van der Waals surface area contributed by atoms with Gasteiger partial charge in [0.2, 0.25) is 5.91 Å². The van der Waals surface area contributed by atoms with Gasteiger partial charge in [-0.25, -0.2) is 4.99 Å². The third-order valence-corrected chi connectivity index (χ3v) is 4.51. The minimum atomic E-state index is 0.0360.